The van der Waals surface area contributed by atoms with Crippen molar-refractivity contribution in [1.82, 2.24) is 4.90 Å². The van der Waals surface area contributed by atoms with E-state index in [1.807, 2.05) is 12.1 Å². The van der Waals surface area contributed by atoms with Crippen molar-refractivity contribution < 1.29 is 8.42 Å². The lowest BCUT2D eigenvalue weighted by molar-refractivity contribution is 0.250. The predicted octanol–water partition coefficient (Wildman–Crippen LogP) is 2.83. The fourth-order valence-electron chi connectivity index (χ4n) is 3.12. The lowest BCUT2D eigenvalue weighted by Gasteiger charge is -2.36. The highest BCUT2D eigenvalue weighted by molar-refractivity contribution is 7.89. The van der Waals surface area contributed by atoms with Gasteiger partial charge in [0.25, 0.3) is 0 Å². The minimum Gasteiger partial charge on any atom is -0.368 e. The Bertz CT molecular complexity index is 997. The molecule has 0 bridgehead atoms. The highest BCUT2D eigenvalue weighted by Crippen LogP contribution is 2.28. The number of hydrogen-bond donors (Lipinski definition) is 1. The van der Waals surface area contributed by atoms with Gasteiger partial charge in [0.05, 0.1) is 26.2 Å². The van der Waals surface area contributed by atoms with Gasteiger partial charge < -0.3 is 4.90 Å². The third-order valence-electron chi connectivity index (χ3n) is 4.56. The first-order valence-electron chi connectivity index (χ1n) is 8.27. The molecule has 3 rings (SSSR count). The summed E-state index contributed by atoms with van der Waals surface area (Å²) in [7, 11) is -3.84. The summed E-state index contributed by atoms with van der Waals surface area (Å²) in [6.45, 7) is 3.68. The standard InChI is InChI=1S/C18H18Cl2N4O2S/c19-16-3-1-2-13(18(16)20)12-23-6-8-24(9-7-23)17-5-4-15(27(22,25)26)10-14(17)11-21/h1-5,10H,6-9,12H2,(H2,22,25,26). The zero-order chi connectivity index (χ0) is 19.6. The summed E-state index contributed by atoms with van der Waals surface area (Å²) in [6.07, 6.45) is 0. The third kappa shape index (κ3) is 4.54. The van der Waals surface area contributed by atoms with Crippen LogP contribution < -0.4 is 10.0 Å². The van der Waals surface area contributed by atoms with Gasteiger partial charge in [-0.3, -0.25) is 4.90 Å². The zero-order valence-corrected chi connectivity index (χ0v) is 16.7. The Kier molecular flexibility index (Phi) is 5.94. The number of hydrogen-bond acceptors (Lipinski definition) is 5. The minimum atomic E-state index is -3.84. The Morgan fingerprint density at radius 3 is 2.44 bits per heavy atom. The Morgan fingerprint density at radius 2 is 1.81 bits per heavy atom. The van der Waals surface area contributed by atoms with E-state index < -0.39 is 10.0 Å². The molecule has 0 saturated carbocycles. The molecule has 0 unspecified atom stereocenters. The van der Waals surface area contributed by atoms with Gasteiger partial charge in [0.15, 0.2) is 0 Å². The van der Waals surface area contributed by atoms with E-state index in [0.29, 0.717) is 40.9 Å². The summed E-state index contributed by atoms with van der Waals surface area (Å²) in [5.41, 5.74) is 1.99. The third-order valence-corrected chi connectivity index (χ3v) is 6.32. The maximum Gasteiger partial charge on any atom is 0.238 e. The van der Waals surface area contributed by atoms with E-state index >= 15 is 0 Å². The molecule has 9 heteroatoms. The molecular weight excluding hydrogens is 407 g/mol. The maximum absolute atomic E-state index is 11.5. The number of nitrogens with two attached hydrogens (primary N) is 1. The van der Waals surface area contributed by atoms with Crippen molar-refractivity contribution in [2.24, 2.45) is 5.14 Å². The molecule has 2 aromatic rings. The van der Waals surface area contributed by atoms with Gasteiger partial charge >= 0.3 is 0 Å². The Labute approximate surface area is 168 Å². The quantitative estimate of drug-likeness (QED) is 0.814. The average Bonchev–Trinajstić information content (AvgIpc) is 2.65. The van der Waals surface area contributed by atoms with Gasteiger partial charge in [-0.2, -0.15) is 5.26 Å². The molecule has 6 nitrogen and oxygen atoms in total. The van der Waals surface area contributed by atoms with Crippen LogP contribution >= 0.6 is 23.2 Å². The molecule has 0 spiro atoms. The van der Waals surface area contributed by atoms with Crippen molar-refractivity contribution in [1.29, 1.82) is 5.26 Å². The van der Waals surface area contributed by atoms with Crippen molar-refractivity contribution in [3.8, 4) is 6.07 Å². The van der Waals surface area contributed by atoms with Crippen LogP contribution in [0.1, 0.15) is 11.1 Å². The van der Waals surface area contributed by atoms with Crippen LogP contribution in [-0.4, -0.2) is 39.5 Å². The summed E-state index contributed by atoms with van der Waals surface area (Å²) < 4.78 is 23.0. The molecule has 0 aromatic heterocycles. The summed E-state index contributed by atoms with van der Waals surface area (Å²) in [5.74, 6) is 0. The number of halogens is 2. The van der Waals surface area contributed by atoms with Crippen LogP contribution in [-0.2, 0) is 16.6 Å². The summed E-state index contributed by atoms with van der Waals surface area (Å²) in [4.78, 5) is 4.28. The van der Waals surface area contributed by atoms with Crippen LogP contribution in [0.2, 0.25) is 10.0 Å². The second kappa shape index (κ2) is 8.05. The number of primary sulfonamides is 1. The first-order chi connectivity index (χ1) is 12.8. The summed E-state index contributed by atoms with van der Waals surface area (Å²) >= 11 is 12.3. The van der Waals surface area contributed by atoms with Crippen molar-refractivity contribution in [3.63, 3.8) is 0 Å². The van der Waals surface area contributed by atoms with E-state index in [1.165, 1.54) is 12.1 Å². The monoisotopic (exact) mass is 424 g/mol. The van der Waals surface area contributed by atoms with E-state index in [4.69, 9.17) is 28.3 Å². The van der Waals surface area contributed by atoms with E-state index in [-0.39, 0.29) is 4.90 Å². The fourth-order valence-corrected chi connectivity index (χ4v) is 4.04. The Balaban J connectivity index is 1.71. The van der Waals surface area contributed by atoms with Crippen molar-refractivity contribution in [3.05, 3.63) is 57.6 Å². The van der Waals surface area contributed by atoms with Crippen molar-refractivity contribution in [2.75, 3.05) is 31.1 Å². The number of sulfonamides is 1. The molecule has 0 radical (unpaired) electrons. The maximum atomic E-state index is 11.5. The Morgan fingerprint density at radius 1 is 1.11 bits per heavy atom. The largest absolute Gasteiger partial charge is 0.368 e. The minimum absolute atomic E-state index is 0.0583. The van der Waals surface area contributed by atoms with Crippen molar-refractivity contribution >= 4 is 38.9 Å². The van der Waals surface area contributed by atoms with Crippen LogP contribution in [0, 0.1) is 11.3 Å². The molecule has 142 valence electrons. The van der Waals surface area contributed by atoms with Crippen LogP contribution in [0.4, 0.5) is 5.69 Å². The molecule has 0 amide bonds. The predicted molar refractivity (Wildman–Crippen MR) is 106 cm³/mol. The van der Waals surface area contributed by atoms with Gasteiger partial charge in [-0.15, -0.1) is 0 Å². The topological polar surface area (TPSA) is 90.4 Å². The molecule has 1 aliphatic rings. The fraction of sp³-hybridized carbons (Fsp3) is 0.278. The van der Waals surface area contributed by atoms with Crippen LogP contribution in [0.15, 0.2) is 41.3 Å². The molecule has 1 heterocycles. The molecule has 27 heavy (non-hydrogen) atoms. The first kappa shape index (κ1) is 19.9. The van der Waals surface area contributed by atoms with Crippen LogP contribution in [0.25, 0.3) is 0 Å². The molecule has 0 atom stereocenters. The molecule has 1 saturated heterocycles. The highest BCUT2D eigenvalue weighted by atomic mass is 35.5. The number of anilines is 1. The van der Waals surface area contributed by atoms with Gasteiger partial charge in [0.2, 0.25) is 10.0 Å². The van der Waals surface area contributed by atoms with Gasteiger partial charge in [-0.25, -0.2) is 13.6 Å². The number of rotatable bonds is 4. The van der Waals surface area contributed by atoms with Gasteiger partial charge in [0.1, 0.15) is 6.07 Å². The number of piperazine rings is 1. The second-order valence-electron chi connectivity index (χ2n) is 6.31. The van der Waals surface area contributed by atoms with Gasteiger partial charge in [-0.1, -0.05) is 35.3 Å². The van der Waals surface area contributed by atoms with Gasteiger partial charge in [-0.05, 0) is 29.8 Å². The molecule has 2 N–H and O–H groups in total. The number of benzene rings is 2. The average molecular weight is 425 g/mol. The van der Waals surface area contributed by atoms with Gasteiger partial charge in [0, 0.05) is 32.7 Å². The SMILES string of the molecule is N#Cc1cc(S(N)(=O)=O)ccc1N1CCN(Cc2cccc(Cl)c2Cl)CC1. The zero-order valence-electron chi connectivity index (χ0n) is 14.4. The summed E-state index contributed by atoms with van der Waals surface area (Å²) in [6, 6.07) is 12.1. The van der Waals surface area contributed by atoms with Crippen LogP contribution in [0.5, 0.6) is 0 Å². The van der Waals surface area contributed by atoms with E-state index in [9.17, 15) is 13.7 Å². The molecule has 2 aromatic carbocycles. The van der Waals surface area contributed by atoms with Crippen molar-refractivity contribution in [2.45, 2.75) is 11.4 Å². The number of nitriles is 1. The molecule has 1 fully saturated rings. The van der Waals surface area contributed by atoms with Crippen LogP contribution in [0.3, 0.4) is 0 Å². The lowest BCUT2D eigenvalue weighted by Crippen LogP contribution is -2.46. The normalized spacial score (nSPS) is 15.6. The first-order valence-corrected chi connectivity index (χ1v) is 10.6. The van der Waals surface area contributed by atoms with E-state index in [0.717, 1.165) is 18.7 Å². The summed E-state index contributed by atoms with van der Waals surface area (Å²) in [5, 5.41) is 15.7. The lowest BCUT2D eigenvalue weighted by atomic mass is 10.1. The molecular formula is C18H18Cl2N4O2S. The smallest absolute Gasteiger partial charge is 0.238 e. The number of nitrogens with zero attached hydrogens (tertiary/aromatic N) is 3. The molecule has 0 aliphatic carbocycles. The molecule has 1 aliphatic heterocycles. The second-order valence-corrected chi connectivity index (χ2v) is 8.66. The Hall–Kier alpha value is -1.82. The van der Waals surface area contributed by atoms with E-state index in [2.05, 4.69) is 15.9 Å². The highest BCUT2D eigenvalue weighted by Gasteiger charge is 2.21. The van der Waals surface area contributed by atoms with E-state index in [1.54, 1.807) is 12.1 Å².